The number of hydrogen-bond donors (Lipinski definition) is 0. The zero-order valence-corrected chi connectivity index (χ0v) is 12.1. The van der Waals surface area contributed by atoms with Crippen molar-refractivity contribution < 1.29 is 4.52 Å². The van der Waals surface area contributed by atoms with Crippen LogP contribution in [0.15, 0.2) is 38.2 Å². The number of rotatable bonds is 4. The van der Waals surface area contributed by atoms with Crippen molar-refractivity contribution in [2.24, 2.45) is 0 Å². The van der Waals surface area contributed by atoms with Gasteiger partial charge in [-0.05, 0) is 31.2 Å². The number of benzene rings is 1. The van der Waals surface area contributed by atoms with Crippen LogP contribution in [0.3, 0.4) is 0 Å². The van der Waals surface area contributed by atoms with Crippen LogP contribution in [-0.2, 0) is 6.42 Å². The fourth-order valence-corrected chi connectivity index (χ4v) is 2.51. The van der Waals surface area contributed by atoms with Crippen molar-refractivity contribution in [2.45, 2.75) is 30.4 Å². The molecule has 0 saturated heterocycles. The summed E-state index contributed by atoms with van der Waals surface area (Å²) in [4.78, 5) is 5.53. The largest absolute Gasteiger partial charge is 0.338 e. The first-order chi connectivity index (χ1) is 8.19. The second-order valence-corrected chi connectivity index (χ2v) is 5.95. The Hall–Kier alpha value is -0.810. The summed E-state index contributed by atoms with van der Waals surface area (Å²) in [5.41, 5.74) is 0. The van der Waals surface area contributed by atoms with Crippen molar-refractivity contribution in [3.8, 4) is 0 Å². The molecule has 0 radical (unpaired) electrons. The van der Waals surface area contributed by atoms with Crippen LogP contribution in [0.1, 0.15) is 30.8 Å². The molecule has 1 aromatic heterocycles. The lowest BCUT2D eigenvalue weighted by Gasteiger charge is -2.05. The summed E-state index contributed by atoms with van der Waals surface area (Å²) in [6.45, 7) is 4.08. The zero-order valence-electron chi connectivity index (χ0n) is 9.68. The Labute approximate surface area is 113 Å². The van der Waals surface area contributed by atoms with Crippen molar-refractivity contribution in [3.63, 3.8) is 0 Å². The average molecular weight is 313 g/mol. The minimum Gasteiger partial charge on any atom is -0.338 e. The van der Waals surface area contributed by atoms with Gasteiger partial charge < -0.3 is 4.52 Å². The van der Waals surface area contributed by atoms with Crippen molar-refractivity contribution in [3.05, 3.63) is 40.5 Å². The molecule has 0 fully saturated rings. The molecule has 2 rings (SSSR count). The van der Waals surface area contributed by atoms with E-state index >= 15 is 0 Å². The van der Waals surface area contributed by atoms with E-state index < -0.39 is 0 Å². The lowest BCUT2D eigenvalue weighted by atomic mass is 10.4. The van der Waals surface area contributed by atoms with Crippen LogP contribution < -0.4 is 0 Å². The van der Waals surface area contributed by atoms with Crippen molar-refractivity contribution in [1.29, 1.82) is 0 Å². The van der Waals surface area contributed by atoms with Gasteiger partial charge in [0, 0.05) is 15.8 Å². The summed E-state index contributed by atoms with van der Waals surface area (Å²) in [5, 5.41) is 4.07. The molecule has 5 heteroatoms. The molecule has 90 valence electrons. The van der Waals surface area contributed by atoms with Gasteiger partial charge in [-0.2, -0.15) is 4.98 Å². The van der Waals surface area contributed by atoms with Gasteiger partial charge in [-0.3, -0.25) is 0 Å². The number of hydrogen-bond acceptors (Lipinski definition) is 4. The molecule has 3 nitrogen and oxygen atoms in total. The predicted molar refractivity (Wildman–Crippen MR) is 72.1 cm³/mol. The van der Waals surface area contributed by atoms with E-state index in [1.54, 1.807) is 11.8 Å². The van der Waals surface area contributed by atoms with E-state index in [1.165, 1.54) is 4.90 Å². The Morgan fingerprint density at radius 2 is 2.06 bits per heavy atom. The van der Waals surface area contributed by atoms with E-state index in [4.69, 9.17) is 4.52 Å². The van der Waals surface area contributed by atoms with Gasteiger partial charge in [-0.25, -0.2) is 0 Å². The predicted octanol–water partition coefficient (Wildman–Crippen LogP) is 4.25. The number of aryl methyl sites for hydroxylation is 1. The van der Waals surface area contributed by atoms with E-state index in [0.29, 0.717) is 5.89 Å². The second kappa shape index (κ2) is 5.69. The highest BCUT2D eigenvalue weighted by Crippen LogP contribution is 2.34. The van der Waals surface area contributed by atoms with Gasteiger partial charge >= 0.3 is 0 Å². The van der Waals surface area contributed by atoms with Crippen molar-refractivity contribution in [1.82, 2.24) is 10.1 Å². The van der Waals surface area contributed by atoms with E-state index in [2.05, 4.69) is 45.1 Å². The third-order valence-corrected chi connectivity index (χ3v) is 3.90. The molecule has 1 aromatic carbocycles. The molecule has 1 atom stereocenters. The molecule has 1 heterocycles. The summed E-state index contributed by atoms with van der Waals surface area (Å²) < 4.78 is 6.31. The highest BCUT2D eigenvalue weighted by Gasteiger charge is 2.14. The van der Waals surface area contributed by atoms with Crippen LogP contribution >= 0.6 is 27.7 Å². The first-order valence-electron chi connectivity index (χ1n) is 5.43. The minimum absolute atomic E-state index is 0.170. The van der Waals surface area contributed by atoms with Crippen molar-refractivity contribution in [2.75, 3.05) is 0 Å². The van der Waals surface area contributed by atoms with Gasteiger partial charge in [0.1, 0.15) is 0 Å². The van der Waals surface area contributed by atoms with E-state index in [-0.39, 0.29) is 5.25 Å². The Morgan fingerprint density at radius 1 is 1.35 bits per heavy atom. The van der Waals surface area contributed by atoms with Crippen LogP contribution in [0.5, 0.6) is 0 Å². The second-order valence-electron chi connectivity index (χ2n) is 3.62. The first kappa shape index (κ1) is 12.6. The van der Waals surface area contributed by atoms with E-state index in [1.807, 2.05) is 19.1 Å². The molecule has 0 spiro atoms. The fraction of sp³-hybridized carbons (Fsp3) is 0.333. The summed E-state index contributed by atoms with van der Waals surface area (Å²) in [6.07, 6.45) is 0.805. The molecule has 1 unspecified atom stereocenters. The van der Waals surface area contributed by atoms with Gasteiger partial charge in [0.15, 0.2) is 5.82 Å². The third kappa shape index (κ3) is 3.33. The van der Waals surface area contributed by atoms with Crippen LogP contribution in [0.4, 0.5) is 0 Å². The topological polar surface area (TPSA) is 38.9 Å². The summed E-state index contributed by atoms with van der Waals surface area (Å²) >= 11 is 5.13. The van der Waals surface area contributed by atoms with Gasteiger partial charge in [-0.1, -0.05) is 28.0 Å². The highest BCUT2D eigenvalue weighted by atomic mass is 79.9. The quantitative estimate of drug-likeness (QED) is 0.791. The molecule has 2 aromatic rings. The Bertz CT molecular complexity index is 484. The highest BCUT2D eigenvalue weighted by molar-refractivity contribution is 9.10. The number of nitrogens with zero attached hydrogens (tertiary/aromatic N) is 2. The standard InChI is InChI=1S/C12H13BrN2OS/c1-3-11-14-12(16-15-11)8(2)17-10-6-4-9(13)5-7-10/h4-8H,3H2,1-2H3. The Kier molecular flexibility index (Phi) is 4.23. The molecular formula is C12H13BrN2OS. The number of thioether (sulfide) groups is 1. The maximum absolute atomic E-state index is 5.22. The molecular weight excluding hydrogens is 300 g/mol. The van der Waals surface area contributed by atoms with Gasteiger partial charge in [0.2, 0.25) is 5.89 Å². The van der Waals surface area contributed by atoms with Crippen LogP contribution in [0.25, 0.3) is 0 Å². The van der Waals surface area contributed by atoms with Crippen LogP contribution in [0, 0.1) is 0 Å². The lowest BCUT2D eigenvalue weighted by Crippen LogP contribution is -1.89. The van der Waals surface area contributed by atoms with Gasteiger partial charge in [0.05, 0.1) is 5.25 Å². The third-order valence-electron chi connectivity index (χ3n) is 2.27. The van der Waals surface area contributed by atoms with Crippen LogP contribution in [-0.4, -0.2) is 10.1 Å². The molecule has 17 heavy (non-hydrogen) atoms. The SMILES string of the molecule is CCc1noc(C(C)Sc2ccc(Br)cc2)n1. The number of halogens is 1. The molecule has 0 bridgehead atoms. The molecule has 0 amide bonds. The summed E-state index contributed by atoms with van der Waals surface area (Å²) in [5.74, 6) is 1.46. The maximum atomic E-state index is 5.22. The van der Waals surface area contributed by atoms with Gasteiger partial charge in [0.25, 0.3) is 0 Å². The zero-order chi connectivity index (χ0) is 12.3. The smallest absolute Gasteiger partial charge is 0.239 e. The Balaban J connectivity index is 2.05. The molecule has 0 N–H and O–H groups in total. The van der Waals surface area contributed by atoms with Crippen molar-refractivity contribution >= 4 is 27.7 Å². The lowest BCUT2D eigenvalue weighted by molar-refractivity contribution is 0.375. The maximum Gasteiger partial charge on any atom is 0.239 e. The normalized spacial score (nSPS) is 12.6. The monoisotopic (exact) mass is 312 g/mol. The Morgan fingerprint density at radius 3 is 2.65 bits per heavy atom. The first-order valence-corrected chi connectivity index (χ1v) is 7.11. The number of aromatic nitrogens is 2. The van der Waals surface area contributed by atoms with Gasteiger partial charge in [-0.15, -0.1) is 11.8 Å². The van der Waals surface area contributed by atoms with E-state index in [0.717, 1.165) is 16.7 Å². The molecule has 0 aliphatic carbocycles. The molecule has 0 aliphatic rings. The summed E-state index contributed by atoms with van der Waals surface area (Å²) in [7, 11) is 0. The van der Waals surface area contributed by atoms with Crippen LogP contribution in [0.2, 0.25) is 0 Å². The average Bonchev–Trinajstić information content (AvgIpc) is 2.81. The fourth-order valence-electron chi connectivity index (χ4n) is 1.34. The minimum atomic E-state index is 0.170. The summed E-state index contributed by atoms with van der Waals surface area (Å²) in [6, 6.07) is 8.20. The molecule has 0 aliphatic heterocycles. The molecule has 0 saturated carbocycles. The van der Waals surface area contributed by atoms with E-state index in [9.17, 15) is 0 Å².